The molecule has 0 aliphatic carbocycles. The summed E-state index contributed by atoms with van der Waals surface area (Å²) in [6.07, 6.45) is 2.58. The molecule has 3 aromatic rings. The number of carbonyl (C=O) groups excluding carboxylic acids is 2. The molecule has 3 rings (SSSR count). The molecule has 4 N–H and O–H groups in total. The van der Waals surface area contributed by atoms with Gasteiger partial charge in [0.1, 0.15) is 5.70 Å². The molecule has 0 bridgehead atoms. The first kappa shape index (κ1) is 22.7. The molecule has 0 atom stereocenters. The third kappa shape index (κ3) is 6.25. The van der Waals surface area contributed by atoms with Crippen molar-refractivity contribution in [2.45, 2.75) is 0 Å². The molecule has 0 heterocycles. The van der Waals surface area contributed by atoms with Crippen LogP contribution in [0.25, 0.3) is 6.08 Å². The number of nitrogens with one attached hydrogen (secondary N) is 2. The van der Waals surface area contributed by atoms with E-state index in [9.17, 15) is 29.9 Å². The molecule has 10 heteroatoms. The fourth-order valence-electron chi connectivity index (χ4n) is 2.65. The van der Waals surface area contributed by atoms with Crippen molar-refractivity contribution >= 4 is 29.8 Å². The van der Waals surface area contributed by atoms with Crippen LogP contribution in [0.1, 0.15) is 21.5 Å². The molecule has 2 amide bonds. The van der Waals surface area contributed by atoms with Crippen molar-refractivity contribution in [2.75, 3.05) is 0 Å². The summed E-state index contributed by atoms with van der Waals surface area (Å²) in [5, 5.41) is 36.0. The van der Waals surface area contributed by atoms with E-state index in [2.05, 4.69) is 15.8 Å². The lowest BCUT2D eigenvalue weighted by atomic mass is 10.1. The highest BCUT2D eigenvalue weighted by atomic mass is 16.6. The van der Waals surface area contributed by atoms with Crippen LogP contribution >= 0.6 is 0 Å². The molecule has 33 heavy (non-hydrogen) atoms. The van der Waals surface area contributed by atoms with Gasteiger partial charge in [0.05, 0.1) is 11.1 Å². The number of aromatic hydroxyl groups is 2. The van der Waals surface area contributed by atoms with Crippen molar-refractivity contribution < 1.29 is 24.7 Å². The smallest absolute Gasteiger partial charge is 0.287 e. The maximum Gasteiger partial charge on any atom is 0.287 e. The third-order valence-corrected chi connectivity index (χ3v) is 4.32. The molecule has 0 saturated carbocycles. The summed E-state index contributed by atoms with van der Waals surface area (Å²) in [6.45, 7) is 0. The Morgan fingerprint density at radius 2 is 1.58 bits per heavy atom. The van der Waals surface area contributed by atoms with E-state index in [0.29, 0.717) is 16.7 Å². The van der Waals surface area contributed by atoms with Gasteiger partial charge in [0.15, 0.2) is 11.5 Å². The van der Waals surface area contributed by atoms with Crippen molar-refractivity contribution in [1.29, 1.82) is 0 Å². The standard InChI is InChI=1S/C23H18N4O6/c28-20-11-8-16(13-21(20)29)14-24-26-23(31)19(25-22(30)17-4-2-1-3-5-17)12-15-6-9-18(10-7-15)27(32)33/h1-14,28-29H,(H,25,30)(H,26,31). The number of phenolic OH excluding ortho intramolecular Hbond substituents is 2. The quantitative estimate of drug-likeness (QED) is 0.144. The summed E-state index contributed by atoms with van der Waals surface area (Å²) in [7, 11) is 0. The first-order valence-corrected chi connectivity index (χ1v) is 9.51. The summed E-state index contributed by atoms with van der Waals surface area (Å²) < 4.78 is 0. The summed E-state index contributed by atoms with van der Waals surface area (Å²) >= 11 is 0. The number of non-ortho nitro benzene ring substituents is 1. The molecule has 0 aliphatic rings. The van der Waals surface area contributed by atoms with Crippen LogP contribution in [0.5, 0.6) is 11.5 Å². The Labute approximate surface area is 187 Å². The second-order valence-electron chi connectivity index (χ2n) is 6.67. The average Bonchev–Trinajstić information content (AvgIpc) is 2.81. The minimum absolute atomic E-state index is 0.117. The van der Waals surface area contributed by atoms with E-state index < -0.39 is 16.7 Å². The number of rotatable bonds is 7. The van der Waals surface area contributed by atoms with Gasteiger partial charge in [0, 0.05) is 17.7 Å². The normalized spacial score (nSPS) is 11.2. The minimum Gasteiger partial charge on any atom is -0.504 e. The monoisotopic (exact) mass is 446 g/mol. The van der Waals surface area contributed by atoms with E-state index in [-0.39, 0.29) is 22.9 Å². The van der Waals surface area contributed by atoms with Crippen LogP contribution in [0.3, 0.4) is 0 Å². The zero-order chi connectivity index (χ0) is 23.8. The van der Waals surface area contributed by atoms with Gasteiger partial charge in [-0.2, -0.15) is 5.10 Å². The van der Waals surface area contributed by atoms with Crippen LogP contribution in [0.4, 0.5) is 5.69 Å². The average molecular weight is 446 g/mol. The van der Waals surface area contributed by atoms with Gasteiger partial charge in [-0.25, -0.2) is 5.43 Å². The van der Waals surface area contributed by atoms with E-state index >= 15 is 0 Å². The Bertz CT molecular complexity index is 1240. The number of hydrogen-bond acceptors (Lipinski definition) is 7. The molecule has 0 fully saturated rings. The number of hydrazone groups is 1. The molecule has 0 spiro atoms. The fourth-order valence-corrected chi connectivity index (χ4v) is 2.65. The molecule has 0 aliphatic heterocycles. The lowest BCUT2D eigenvalue weighted by Crippen LogP contribution is -2.32. The second-order valence-corrected chi connectivity index (χ2v) is 6.67. The summed E-state index contributed by atoms with van der Waals surface area (Å²) in [5.74, 6) is -1.93. The number of phenols is 2. The van der Waals surface area contributed by atoms with E-state index in [1.165, 1.54) is 54.8 Å². The molecular formula is C23H18N4O6. The highest BCUT2D eigenvalue weighted by Crippen LogP contribution is 2.24. The zero-order valence-electron chi connectivity index (χ0n) is 17.0. The van der Waals surface area contributed by atoms with Gasteiger partial charge in [0.25, 0.3) is 17.5 Å². The highest BCUT2D eigenvalue weighted by molar-refractivity contribution is 6.05. The van der Waals surface area contributed by atoms with E-state index in [1.807, 2.05) is 0 Å². The van der Waals surface area contributed by atoms with Gasteiger partial charge in [0.2, 0.25) is 0 Å². The van der Waals surface area contributed by atoms with E-state index in [4.69, 9.17) is 0 Å². The van der Waals surface area contributed by atoms with Crippen LogP contribution in [-0.2, 0) is 4.79 Å². The fraction of sp³-hybridized carbons (Fsp3) is 0. The lowest BCUT2D eigenvalue weighted by molar-refractivity contribution is -0.384. The van der Waals surface area contributed by atoms with E-state index in [1.54, 1.807) is 30.3 Å². The van der Waals surface area contributed by atoms with Gasteiger partial charge >= 0.3 is 0 Å². The van der Waals surface area contributed by atoms with Crippen LogP contribution in [0.2, 0.25) is 0 Å². The molecule has 0 unspecified atom stereocenters. The van der Waals surface area contributed by atoms with Gasteiger partial charge in [-0.05, 0) is 59.7 Å². The van der Waals surface area contributed by atoms with Crippen molar-refractivity contribution in [3.8, 4) is 11.5 Å². The number of amides is 2. The molecule has 0 saturated heterocycles. The van der Waals surface area contributed by atoms with Crippen LogP contribution in [-0.4, -0.2) is 33.2 Å². The summed E-state index contributed by atoms with van der Waals surface area (Å²) in [5.41, 5.74) is 3.16. The Hall–Kier alpha value is -4.99. The van der Waals surface area contributed by atoms with Crippen molar-refractivity contribution in [3.05, 3.63) is 105 Å². The third-order valence-electron chi connectivity index (χ3n) is 4.32. The Morgan fingerprint density at radius 1 is 0.909 bits per heavy atom. The highest BCUT2D eigenvalue weighted by Gasteiger charge is 2.15. The number of benzene rings is 3. The SMILES string of the molecule is O=C(NN=Cc1ccc(O)c(O)c1)C(=Cc1ccc([N+](=O)[O-])cc1)NC(=O)c1ccccc1. The molecule has 3 aromatic carbocycles. The molecule has 0 radical (unpaired) electrons. The predicted molar refractivity (Wildman–Crippen MR) is 120 cm³/mol. The lowest BCUT2D eigenvalue weighted by Gasteiger charge is -2.09. The van der Waals surface area contributed by atoms with Gasteiger partial charge in [-0.1, -0.05) is 18.2 Å². The summed E-state index contributed by atoms with van der Waals surface area (Å²) in [4.78, 5) is 35.5. The van der Waals surface area contributed by atoms with E-state index in [0.717, 1.165) is 0 Å². The van der Waals surface area contributed by atoms with Crippen molar-refractivity contribution in [3.63, 3.8) is 0 Å². The second kappa shape index (κ2) is 10.4. The Kier molecular flexibility index (Phi) is 7.12. The number of carbonyl (C=O) groups is 2. The largest absolute Gasteiger partial charge is 0.504 e. The van der Waals surface area contributed by atoms with Crippen LogP contribution < -0.4 is 10.7 Å². The zero-order valence-corrected chi connectivity index (χ0v) is 17.0. The molecule has 0 aromatic heterocycles. The topological polar surface area (TPSA) is 154 Å². The number of hydrogen-bond donors (Lipinski definition) is 4. The number of nitro groups is 1. The predicted octanol–water partition coefficient (Wildman–Crippen LogP) is 2.93. The van der Waals surface area contributed by atoms with Crippen LogP contribution in [0.15, 0.2) is 83.6 Å². The van der Waals surface area contributed by atoms with Gasteiger partial charge in [-0.15, -0.1) is 0 Å². The minimum atomic E-state index is -0.753. The molecule has 10 nitrogen and oxygen atoms in total. The van der Waals surface area contributed by atoms with Crippen molar-refractivity contribution in [1.82, 2.24) is 10.7 Å². The Balaban J connectivity index is 1.82. The summed E-state index contributed by atoms with van der Waals surface area (Å²) in [6, 6.07) is 17.6. The first-order valence-electron chi connectivity index (χ1n) is 9.51. The van der Waals surface area contributed by atoms with Crippen molar-refractivity contribution in [2.24, 2.45) is 5.10 Å². The Morgan fingerprint density at radius 3 is 2.21 bits per heavy atom. The van der Waals surface area contributed by atoms with Gasteiger partial charge in [-0.3, -0.25) is 19.7 Å². The maximum atomic E-state index is 12.7. The number of nitro benzene ring substituents is 1. The molecule has 166 valence electrons. The first-order chi connectivity index (χ1) is 15.8. The maximum absolute atomic E-state index is 12.7. The van der Waals surface area contributed by atoms with Gasteiger partial charge < -0.3 is 15.5 Å². The molecular weight excluding hydrogens is 428 g/mol. The number of nitrogens with zero attached hydrogens (tertiary/aromatic N) is 2. The van der Waals surface area contributed by atoms with Crippen LogP contribution in [0, 0.1) is 10.1 Å².